The molecule has 0 unspecified atom stereocenters. The van der Waals surface area contributed by atoms with Crippen LogP contribution in [-0.4, -0.2) is 113 Å². The Morgan fingerprint density at radius 2 is 1.67 bits per heavy atom. The topological polar surface area (TPSA) is 125 Å². The SMILES string of the molecule is CC(C)(C)OC(=O)N1CCC(OC2CC(N3CCN(c4ccc5c(n4)CN([C@@H]4CCC(=O)NC4=O)C5=O)CC3)C2)CC1. The molecule has 6 rings (SSSR count). The maximum atomic E-state index is 13.0. The van der Waals surface area contributed by atoms with E-state index in [2.05, 4.69) is 15.1 Å². The van der Waals surface area contributed by atoms with Crippen molar-refractivity contribution in [1.82, 2.24) is 25.0 Å². The highest BCUT2D eigenvalue weighted by molar-refractivity contribution is 6.05. The summed E-state index contributed by atoms with van der Waals surface area (Å²) in [6.45, 7) is 10.9. The molecule has 1 aromatic heterocycles. The smallest absolute Gasteiger partial charge is 0.410 e. The van der Waals surface area contributed by atoms with Crippen molar-refractivity contribution < 1.29 is 28.7 Å². The maximum absolute atomic E-state index is 13.0. The lowest BCUT2D eigenvalue weighted by molar-refractivity contribution is -0.136. The third-order valence-electron chi connectivity index (χ3n) is 9.06. The number of imide groups is 1. The Kier molecular flexibility index (Phi) is 7.86. The lowest BCUT2D eigenvalue weighted by Gasteiger charge is -2.47. The van der Waals surface area contributed by atoms with Gasteiger partial charge in [-0.25, -0.2) is 9.78 Å². The zero-order chi connectivity index (χ0) is 29.6. The first-order valence-electron chi connectivity index (χ1n) is 15.3. The van der Waals surface area contributed by atoms with Crippen molar-refractivity contribution in [2.45, 2.75) is 95.7 Å². The van der Waals surface area contributed by atoms with Gasteiger partial charge in [0.2, 0.25) is 11.8 Å². The van der Waals surface area contributed by atoms with Gasteiger partial charge in [-0.3, -0.25) is 24.6 Å². The number of fused-ring (bicyclic) bond motifs is 1. The largest absolute Gasteiger partial charge is 0.444 e. The highest BCUT2D eigenvalue weighted by atomic mass is 16.6. The van der Waals surface area contributed by atoms with Gasteiger partial charge in [-0.2, -0.15) is 0 Å². The number of hydrogen-bond donors (Lipinski definition) is 1. The van der Waals surface area contributed by atoms with Crippen LogP contribution < -0.4 is 10.2 Å². The Labute approximate surface area is 246 Å². The molecular weight excluding hydrogens is 540 g/mol. The van der Waals surface area contributed by atoms with Gasteiger partial charge in [0.25, 0.3) is 5.91 Å². The summed E-state index contributed by atoms with van der Waals surface area (Å²) in [5.41, 5.74) is 0.759. The molecule has 0 radical (unpaired) electrons. The molecule has 0 bridgehead atoms. The second-order valence-electron chi connectivity index (χ2n) is 13.1. The summed E-state index contributed by atoms with van der Waals surface area (Å²) in [6.07, 6.45) is 4.63. The van der Waals surface area contributed by atoms with E-state index in [1.54, 1.807) is 9.80 Å². The molecule has 42 heavy (non-hydrogen) atoms. The third kappa shape index (κ3) is 6.10. The first-order valence-corrected chi connectivity index (χ1v) is 15.3. The van der Waals surface area contributed by atoms with E-state index in [1.165, 1.54) is 0 Å². The maximum Gasteiger partial charge on any atom is 0.410 e. The fourth-order valence-corrected chi connectivity index (χ4v) is 6.64. The van der Waals surface area contributed by atoms with Crippen LogP contribution >= 0.6 is 0 Å². The second-order valence-corrected chi connectivity index (χ2v) is 13.1. The molecule has 5 heterocycles. The first-order chi connectivity index (χ1) is 20.0. The van der Waals surface area contributed by atoms with Crippen LogP contribution in [0.4, 0.5) is 10.6 Å². The number of hydrogen-bond acceptors (Lipinski definition) is 9. The van der Waals surface area contributed by atoms with Gasteiger partial charge in [0.05, 0.1) is 30.0 Å². The fourth-order valence-electron chi connectivity index (χ4n) is 6.64. The predicted octanol–water partition coefficient (Wildman–Crippen LogP) is 1.91. The Balaban J connectivity index is 0.931. The molecule has 1 atom stereocenters. The van der Waals surface area contributed by atoms with Gasteiger partial charge in [-0.15, -0.1) is 0 Å². The molecule has 228 valence electrons. The average Bonchev–Trinajstić information content (AvgIpc) is 3.25. The van der Waals surface area contributed by atoms with Crippen molar-refractivity contribution in [3.05, 3.63) is 23.4 Å². The Hall–Kier alpha value is -3.25. The number of anilines is 1. The minimum absolute atomic E-state index is 0.196. The summed E-state index contributed by atoms with van der Waals surface area (Å²) in [5, 5.41) is 2.34. The molecule has 1 saturated carbocycles. The van der Waals surface area contributed by atoms with Crippen molar-refractivity contribution in [1.29, 1.82) is 0 Å². The van der Waals surface area contributed by atoms with Crippen LogP contribution in [-0.2, 0) is 25.6 Å². The van der Waals surface area contributed by atoms with Gasteiger partial charge < -0.3 is 24.2 Å². The third-order valence-corrected chi connectivity index (χ3v) is 9.06. The Morgan fingerprint density at radius 1 is 0.952 bits per heavy atom. The summed E-state index contributed by atoms with van der Waals surface area (Å²) in [7, 11) is 0. The number of nitrogens with zero attached hydrogens (tertiary/aromatic N) is 5. The molecule has 4 fully saturated rings. The number of rotatable bonds is 5. The van der Waals surface area contributed by atoms with E-state index in [1.807, 2.05) is 32.9 Å². The van der Waals surface area contributed by atoms with Gasteiger partial charge >= 0.3 is 6.09 Å². The summed E-state index contributed by atoms with van der Waals surface area (Å²) in [4.78, 5) is 62.1. The minimum atomic E-state index is -0.628. The molecular formula is C30H42N6O6. The van der Waals surface area contributed by atoms with E-state index >= 15 is 0 Å². The minimum Gasteiger partial charge on any atom is -0.444 e. The second kappa shape index (κ2) is 11.4. The van der Waals surface area contributed by atoms with E-state index in [0.717, 1.165) is 57.7 Å². The number of amides is 4. The van der Waals surface area contributed by atoms with Crippen molar-refractivity contribution in [2.75, 3.05) is 44.2 Å². The number of piperidine rings is 2. The normalized spacial score (nSPS) is 27.5. The molecule has 0 spiro atoms. The van der Waals surface area contributed by atoms with Crippen LogP contribution in [0.15, 0.2) is 12.1 Å². The zero-order valence-electron chi connectivity index (χ0n) is 24.8. The summed E-state index contributed by atoms with van der Waals surface area (Å²) in [5.74, 6) is -0.0316. The van der Waals surface area contributed by atoms with Crippen LogP contribution in [0.2, 0.25) is 0 Å². The number of ether oxygens (including phenoxy) is 2. The monoisotopic (exact) mass is 582 g/mol. The van der Waals surface area contributed by atoms with Crippen molar-refractivity contribution in [3.8, 4) is 0 Å². The van der Waals surface area contributed by atoms with Crippen molar-refractivity contribution >= 4 is 29.6 Å². The fraction of sp³-hybridized carbons (Fsp3) is 0.700. The van der Waals surface area contributed by atoms with Gasteiger partial charge in [0.1, 0.15) is 17.5 Å². The highest BCUT2D eigenvalue weighted by Gasteiger charge is 2.41. The number of pyridine rings is 1. The van der Waals surface area contributed by atoms with Gasteiger partial charge in [0.15, 0.2) is 0 Å². The summed E-state index contributed by atoms with van der Waals surface area (Å²) >= 11 is 0. The van der Waals surface area contributed by atoms with Gasteiger partial charge in [-0.05, 0) is 65.0 Å². The standard InChI is InChI=1S/C30H42N6O6/c1-30(2,3)42-29(40)35-10-8-20(9-11-35)41-21-16-19(17-21)33-12-14-34(15-13-33)25-6-4-22-23(31-25)18-36(28(22)39)24-5-7-26(37)32-27(24)38/h4,6,19-21,24H,5,7-18H2,1-3H3,(H,32,37,38)/t19?,21?,24-/m1/s1. The van der Waals surface area contributed by atoms with E-state index in [-0.39, 0.29) is 43.1 Å². The molecule has 5 aliphatic rings. The van der Waals surface area contributed by atoms with Crippen LogP contribution in [0.3, 0.4) is 0 Å². The molecule has 12 nitrogen and oxygen atoms in total. The van der Waals surface area contributed by atoms with Gasteiger partial charge in [-0.1, -0.05) is 0 Å². The van der Waals surface area contributed by atoms with E-state index < -0.39 is 17.6 Å². The predicted molar refractivity (Wildman–Crippen MR) is 153 cm³/mol. The number of nitrogens with one attached hydrogen (secondary N) is 1. The number of likely N-dealkylation sites (tertiary alicyclic amines) is 1. The molecule has 4 aliphatic heterocycles. The van der Waals surface area contributed by atoms with Crippen LogP contribution in [0, 0.1) is 0 Å². The molecule has 1 N–H and O–H groups in total. The molecule has 4 amide bonds. The van der Waals surface area contributed by atoms with E-state index in [0.29, 0.717) is 36.8 Å². The molecule has 12 heteroatoms. The molecule has 1 aliphatic carbocycles. The number of carbonyl (C=O) groups excluding carboxylic acids is 4. The Bertz CT molecular complexity index is 1230. The number of piperazine rings is 1. The highest BCUT2D eigenvalue weighted by Crippen LogP contribution is 2.33. The quantitative estimate of drug-likeness (QED) is 0.519. The average molecular weight is 583 g/mol. The number of aromatic nitrogens is 1. The summed E-state index contributed by atoms with van der Waals surface area (Å²) in [6, 6.07) is 3.63. The number of carbonyl (C=O) groups is 4. The van der Waals surface area contributed by atoms with Crippen molar-refractivity contribution in [2.24, 2.45) is 0 Å². The zero-order valence-corrected chi connectivity index (χ0v) is 24.8. The Morgan fingerprint density at radius 3 is 2.33 bits per heavy atom. The summed E-state index contributed by atoms with van der Waals surface area (Å²) < 4.78 is 11.9. The van der Waals surface area contributed by atoms with Crippen LogP contribution in [0.25, 0.3) is 0 Å². The molecule has 1 aromatic rings. The lowest BCUT2D eigenvalue weighted by Crippen LogP contribution is -2.56. The van der Waals surface area contributed by atoms with Gasteiger partial charge in [0, 0.05) is 51.7 Å². The molecule has 0 aromatic carbocycles. The van der Waals surface area contributed by atoms with E-state index in [9.17, 15) is 19.2 Å². The van der Waals surface area contributed by atoms with E-state index in [4.69, 9.17) is 14.5 Å². The van der Waals surface area contributed by atoms with Crippen molar-refractivity contribution in [3.63, 3.8) is 0 Å². The first kappa shape index (κ1) is 28.9. The lowest BCUT2D eigenvalue weighted by atomic mass is 9.87. The van der Waals surface area contributed by atoms with Crippen LogP contribution in [0.5, 0.6) is 0 Å². The van der Waals surface area contributed by atoms with Crippen LogP contribution in [0.1, 0.15) is 75.3 Å². The molecule has 3 saturated heterocycles.